The van der Waals surface area contributed by atoms with E-state index in [1.54, 1.807) is 48.5 Å². The van der Waals surface area contributed by atoms with Crippen LogP contribution in [0, 0.1) is 0 Å². The van der Waals surface area contributed by atoms with Crippen molar-refractivity contribution in [2.75, 3.05) is 7.11 Å². The second-order valence-electron chi connectivity index (χ2n) is 4.53. The highest BCUT2D eigenvalue weighted by Gasteiger charge is 2.28. The predicted octanol–water partition coefficient (Wildman–Crippen LogP) is 0.683. The lowest BCUT2D eigenvalue weighted by molar-refractivity contribution is -0.446. The topological polar surface area (TPSA) is 104 Å². The summed E-state index contributed by atoms with van der Waals surface area (Å²) < 4.78 is 3.60. The van der Waals surface area contributed by atoms with Crippen LogP contribution in [-0.4, -0.2) is 40.2 Å². The van der Waals surface area contributed by atoms with E-state index in [1.807, 2.05) is 0 Å². The van der Waals surface area contributed by atoms with Crippen LogP contribution in [0.4, 0.5) is 0 Å². The molecule has 0 atom stereocenters. The Kier molecular flexibility index (Phi) is 4.48. The summed E-state index contributed by atoms with van der Waals surface area (Å²) in [6, 6.07) is 13.9. The lowest BCUT2D eigenvalue weighted by Gasteiger charge is -2.16. The first kappa shape index (κ1) is 16.0. The zero-order valence-electron chi connectivity index (χ0n) is 11.7. The molecule has 3 rings (SSSR count). The van der Waals surface area contributed by atoms with Crippen LogP contribution in [0.5, 0.6) is 0 Å². The van der Waals surface area contributed by atoms with Crippen molar-refractivity contribution in [3.05, 3.63) is 70.8 Å². The summed E-state index contributed by atoms with van der Waals surface area (Å²) in [5.41, 5.74) is 2.02. The van der Waals surface area contributed by atoms with E-state index in [4.69, 9.17) is 15.3 Å². The summed E-state index contributed by atoms with van der Waals surface area (Å²) >= 11 is 0. The van der Waals surface area contributed by atoms with Crippen LogP contribution in [0.3, 0.4) is 0 Å². The molecule has 0 saturated carbocycles. The van der Waals surface area contributed by atoms with Crippen LogP contribution in [-0.2, 0) is 4.74 Å². The van der Waals surface area contributed by atoms with Gasteiger partial charge in [-0.3, -0.25) is 9.59 Å². The van der Waals surface area contributed by atoms with E-state index in [0.717, 1.165) is 7.11 Å². The number of ether oxygens (including phenoxy) is 1. The fraction of sp³-hybridized carbons (Fsp3) is 0.125. The van der Waals surface area contributed by atoms with Crippen LogP contribution >= 0.6 is 0 Å². The molecule has 0 bridgehead atoms. The first-order valence-corrected chi connectivity index (χ1v) is 6.35. The average Bonchev–Trinajstić information content (AvgIpc) is 2.52. The zero-order valence-corrected chi connectivity index (χ0v) is 11.7. The van der Waals surface area contributed by atoms with Gasteiger partial charge in [-0.1, -0.05) is 48.5 Å². The van der Waals surface area contributed by atoms with E-state index < -0.39 is 6.16 Å². The summed E-state index contributed by atoms with van der Waals surface area (Å²) in [7, 11) is 0.958. The minimum Gasteiger partial charge on any atom is -0.319 e. The van der Waals surface area contributed by atoms with Gasteiger partial charge >= 0.3 is 6.16 Å². The maximum Gasteiger partial charge on any atom is 0.404 e. The SMILES string of the molecule is COC(O)(O)O.O=C1c2ccccc2C(=O)c2ccccc21. The zero-order chi connectivity index (χ0) is 16.3. The molecule has 1 aliphatic rings. The van der Waals surface area contributed by atoms with E-state index in [9.17, 15) is 9.59 Å². The monoisotopic (exact) mass is 302 g/mol. The average molecular weight is 302 g/mol. The molecule has 6 nitrogen and oxygen atoms in total. The van der Waals surface area contributed by atoms with Gasteiger partial charge in [0.05, 0.1) is 0 Å². The molecular weight excluding hydrogens is 288 g/mol. The summed E-state index contributed by atoms with van der Waals surface area (Å²) in [5, 5.41) is 23.1. The van der Waals surface area contributed by atoms with E-state index >= 15 is 0 Å². The van der Waals surface area contributed by atoms with Crippen LogP contribution < -0.4 is 0 Å². The number of carbonyl (C=O) groups excluding carboxylic acids is 2. The van der Waals surface area contributed by atoms with Crippen LogP contribution in [0.15, 0.2) is 48.5 Å². The molecule has 114 valence electrons. The number of methoxy groups -OCH3 is 1. The van der Waals surface area contributed by atoms with Crippen LogP contribution in [0.1, 0.15) is 31.8 Å². The number of fused-ring (bicyclic) bond motifs is 2. The number of hydrogen-bond acceptors (Lipinski definition) is 6. The molecule has 0 aliphatic heterocycles. The van der Waals surface area contributed by atoms with Crippen molar-refractivity contribution in [1.29, 1.82) is 0 Å². The summed E-state index contributed by atoms with van der Waals surface area (Å²) in [6.45, 7) is 0. The van der Waals surface area contributed by atoms with Crippen LogP contribution in [0.25, 0.3) is 0 Å². The summed E-state index contributed by atoms with van der Waals surface area (Å²) in [5.74, 6) is -0.128. The first-order valence-electron chi connectivity index (χ1n) is 6.35. The Balaban J connectivity index is 0.000000254. The maximum absolute atomic E-state index is 12.1. The van der Waals surface area contributed by atoms with Gasteiger partial charge in [0.25, 0.3) is 0 Å². The highest BCUT2D eigenvalue weighted by molar-refractivity contribution is 6.28. The lowest BCUT2D eigenvalue weighted by atomic mass is 9.84. The first-order chi connectivity index (χ1) is 10.3. The molecule has 0 aromatic heterocycles. The molecule has 0 heterocycles. The Hall–Kier alpha value is -2.38. The highest BCUT2D eigenvalue weighted by atomic mass is 16.9. The molecule has 0 amide bonds. The van der Waals surface area contributed by atoms with Crippen molar-refractivity contribution in [1.82, 2.24) is 0 Å². The Morgan fingerprint density at radius 1 is 0.727 bits per heavy atom. The van der Waals surface area contributed by atoms with Gasteiger partial charge in [0, 0.05) is 29.4 Å². The van der Waals surface area contributed by atoms with E-state index in [1.165, 1.54) is 0 Å². The molecule has 1 aliphatic carbocycles. The lowest BCUT2D eigenvalue weighted by Crippen LogP contribution is -2.28. The van der Waals surface area contributed by atoms with Gasteiger partial charge < -0.3 is 20.1 Å². The third kappa shape index (κ3) is 3.26. The quantitative estimate of drug-likeness (QED) is 0.571. The van der Waals surface area contributed by atoms with E-state index in [2.05, 4.69) is 4.74 Å². The van der Waals surface area contributed by atoms with Gasteiger partial charge in [0.15, 0.2) is 11.6 Å². The second kappa shape index (κ2) is 6.17. The highest BCUT2D eigenvalue weighted by Crippen LogP contribution is 2.26. The smallest absolute Gasteiger partial charge is 0.319 e. The van der Waals surface area contributed by atoms with E-state index in [0.29, 0.717) is 22.3 Å². The third-order valence-electron chi connectivity index (χ3n) is 3.11. The van der Waals surface area contributed by atoms with Gasteiger partial charge in [0.2, 0.25) is 0 Å². The van der Waals surface area contributed by atoms with E-state index in [-0.39, 0.29) is 11.6 Å². The van der Waals surface area contributed by atoms with Gasteiger partial charge in [-0.05, 0) is 0 Å². The normalized spacial score (nSPS) is 12.9. The fourth-order valence-corrected chi connectivity index (χ4v) is 2.05. The molecule has 0 saturated heterocycles. The summed E-state index contributed by atoms with van der Waals surface area (Å²) in [6.07, 6.45) is -2.96. The third-order valence-corrected chi connectivity index (χ3v) is 3.11. The molecule has 2 aromatic rings. The number of carbonyl (C=O) groups is 2. The van der Waals surface area contributed by atoms with Gasteiger partial charge in [0.1, 0.15) is 0 Å². The summed E-state index contributed by atoms with van der Waals surface area (Å²) in [4.78, 5) is 24.2. The van der Waals surface area contributed by atoms with Gasteiger partial charge in [-0.2, -0.15) is 0 Å². The number of rotatable bonds is 1. The second-order valence-corrected chi connectivity index (χ2v) is 4.53. The van der Waals surface area contributed by atoms with Crippen molar-refractivity contribution >= 4 is 11.6 Å². The number of hydrogen-bond donors (Lipinski definition) is 3. The molecule has 3 N–H and O–H groups in total. The molecule has 2 aromatic carbocycles. The van der Waals surface area contributed by atoms with Gasteiger partial charge in [-0.25, -0.2) is 0 Å². The molecular formula is C16H14O6. The molecule has 0 radical (unpaired) electrons. The fourth-order valence-electron chi connectivity index (χ4n) is 2.05. The Bertz CT molecular complexity index is 609. The Morgan fingerprint density at radius 2 is 0.955 bits per heavy atom. The minimum atomic E-state index is -2.96. The predicted molar refractivity (Wildman–Crippen MR) is 76.1 cm³/mol. The van der Waals surface area contributed by atoms with Crippen molar-refractivity contribution in [3.63, 3.8) is 0 Å². The molecule has 0 fully saturated rings. The van der Waals surface area contributed by atoms with Crippen molar-refractivity contribution < 1.29 is 29.6 Å². The van der Waals surface area contributed by atoms with Crippen molar-refractivity contribution in [2.24, 2.45) is 0 Å². The van der Waals surface area contributed by atoms with Gasteiger partial charge in [-0.15, -0.1) is 0 Å². The standard InChI is InChI=1S/C14H8O2.C2H6O4/c15-13-9-5-1-2-6-10(9)14(16)12-8-4-3-7-11(12)13;1-6-2(3,4)5/h1-8H;3-5H,1H3. The maximum atomic E-state index is 12.1. The molecule has 0 unspecified atom stereocenters. The number of benzene rings is 2. The molecule has 22 heavy (non-hydrogen) atoms. The van der Waals surface area contributed by atoms with Crippen LogP contribution in [0.2, 0.25) is 0 Å². The number of ketones is 2. The Morgan fingerprint density at radius 3 is 1.14 bits per heavy atom. The largest absolute Gasteiger partial charge is 0.404 e. The Labute approximate surface area is 126 Å². The van der Waals surface area contributed by atoms with Crippen molar-refractivity contribution in [2.45, 2.75) is 6.16 Å². The van der Waals surface area contributed by atoms with Crippen molar-refractivity contribution in [3.8, 4) is 0 Å². The number of aliphatic hydroxyl groups is 3. The molecule has 6 heteroatoms. The minimum absolute atomic E-state index is 0.0641. The molecule has 0 spiro atoms.